The third-order valence-corrected chi connectivity index (χ3v) is 3.31. The number of carbonyl (C=O) groups is 2. The number of primary amides is 1. The van der Waals surface area contributed by atoms with E-state index in [0.717, 1.165) is 25.7 Å². The maximum Gasteiger partial charge on any atom is 0.225 e. The Morgan fingerprint density at radius 3 is 2.44 bits per heavy atom. The molecule has 92 valence electrons. The van der Waals surface area contributed by atoms with E-state index >= 15 is 0 Å². The van der Waals surface area contributed by atoms with Crippen molar-refractivity contribution in [2.75, 3.05) is 20.1 Å². The van der Waals surface area contributed by atoms with E-state index in [9.17, 15) is 9.59 Å². The van der Waals surface area contributed by atoms with E-state index in [1.807, 2.05) is 0 Å². The highest BCUT2D eigenvalue weighted by atomic mass is 16.2. The largest absolute Gasteiger partial charge is 0.369 e. The van der Waals surface area contributed by atoms with Gasteiger partial charge in [0.05, 0.1) is 5.41 Å². The lowest BCUT2D eigenvalue weighted by atomic mass is 9.85. The van der Waals surface area contributed by atoms with Crippen LogP contribution in [0.25, 0.3) is 0 Å². The van der Waals surface area contributed by atoms with Crippen LogP contribution in [0.2, 0.25) is 0 Å². The molecule has 5 heteroatoms. The fourth-order valence-corrected chi connectivity index (χ4v) is 2.16. The molecular weight excluding hydrogens is 206 g/mol. The minimum absolute atomic E-state index is 0.0260. The van der Waals surface area contributed by atoms with Crippen LogP contribution in [0.1, 0.15) is 32.1 Å². The van der Waals surface area contributed by atoms with Gasteiger partial charge in [-0.3, -0.25) is 9.59 Å². The molecule has 0 spiro atoms. The Bertz CT molecular complexity index is 260. The van der Waals surface area contributed by atoms with E-state index in [1.54, 1.807) is 7.05 Å². The predicted molar refractivity (Wildman–Crippen MR) is 61.6 cm³/mol. The first-order chi connectivity index (χ1) is 7.60. The number of amides is 2. The van der Waals surface area contributed by atoms with Gasteiger partial charge >= 0.3 is 0 Å². The van der Waals surface area contributed by atoms with Crippen molar-refractivity contribution in [1.29, 1.82) is 0 Å². The van der Waals surface area contributed by atoms with E-state index < -0.39 is 5.41 Å². The summed E-state index contributed by atoms with van der Waals surface area (Å²) in [6.07, 6.45) is 4.08. The molecule has 1 fully saturated rings. The molecule has 4 N–H and O–H groups in total. The van der Waals surface area contributed by atoms with E-state index in [4.69, 9.17) is 5.73 Å². The third kappa shape index (κ3) is 3.20. The van der Waals surface area contributed by atoms with E-state index in [2.05, 4.69) is 10.6 Å². The summed E-state index contributed by atoms with van der Waals surface area (Å²) in [4.78, 5) is 22.8. The summed E-state index contributed by atoms with van der Waals surface area (Å²) in [5.41, 5.74) is 4.93. The number of hydrogen-bond donors (Lipinski definition) is 3. The number of carbonyl (C=O) groups excluding carboxylic acids is 2. The zero-order chi connectivity index (χ0) is 12.0. The fourth-order valence-electron chi connectivity index (χ4n) is 2.16. The highest BCUT2D eigenvalue weighted by Crippen LogP contribution is 2.37. The molecule has 0 aliphatic heterocycles. The molecule has 0 unspecified atom stereocenters. The first-order valence-electron chi connectivity index (χ1n) is 5.82. The summed E-state index contributed by atoms with van der Waals surface area (Å²) in [6, 6.07) is 0. The van der Waals surface area contributed by atoms with E-state index in [-0.39, 0.29) is 11.8 Å². The second-order valence-electron chi connectivity index (χ2n) is 4.48. The highest BCUT2D eigenvalue weighted by molar-refractivity contribution is 5.83. The smallest absolute Gasteiger partial charge is 0.225 e. The van der Waals surface area contributed by atoms with Gasteiger partial charge < -0.3 is 16.4 Å². The summed E-state index contributed by atoms with van der Waals surface area (Å²) in [6.45, 7) is 1.04. The molecule has 0 aromatic rings. The second-order valence-corrected chi connectivity index (χ2v) is 4.48. The van der Waals surface area contributed by atoms with Crippen LogP contribution in [0.3, 0.4) is 0 Å². The number of nitrogens with one attached hydrogen (secondary N) is 2. The van der Waals surface area contributed by atoms with Crippen LogP contribution in [-0.2, 0) is 9.59 Å². The van der Waals surface area contributed by atoms with Gasteiger partial charge in [0.1, 0.15) is 0 Å². The van der Waals surface area contributed by atoms with Gasteiger partial charge in [-0.25, -0.2) is 0 Å². The summed E-state index contributed by atoms with van der Waals surface area (Å²) in [5.74, 6) is -0.305. The van der Waals surface area contributed by atoms with Crippen molar-refractivity contribution in [3.63, 3.8) is 0 Å². The van der Waals surface area contributed by atoms with Gasteiger partial charge in [-0.1, -0.05) is 12.8 Å². The van der Waals surface area contributed by atoms with E-state index in [0.29, 0.717) is 19.5 Å². The van der Waals surface area contributed by atoms with Gasteiger partial charge in [0.2, 0.25) is 11.8 Å². The lowest BCUT2D eigenvalue weighted by Crippen LogP contribution is -2.45. The number of nitrogens with two attached hydrogens (primary N) is 1. The molecule has 1 saturated carbocycles. The van der Waals surface area contributed by atoms with Crippen LogP contribution in [0, 0.1) is 5.41 Å². The lowest BCUT2D eigenvalue weighted by Gasteiger charge is -2.25. The Hall–Kier alpha value is -1.10. The van der Waals surface area contributed by atoms with Crippen LogP contribution in [0.5, 0.6) is 0 Å². The Labute approximate surface area is 96.1 Å². The normalized spacial score (nSPS) is 18.3. The molecule has 0 saturated heterocycles. The Balaban J connectivity index is 2.39. The molecule has 0 heterocycles. The number of hydrogen-bond acceptors (Lipinski definition) is 3. The van der Waals surface area contributed by atoms with Gasteiger partial charge in [-0.05, 0) is 19.9 Å². The van der Waals surface area contributed by atoms with Crippen LogP contribution >= 0.6 is 0 Å². The van der Waals surface area contributed by atoms with Crippen LogP contribution in [0.4, 0.5) is 0 Å². The average Bonchev–Trinajstić information content (AvgIpc) is 2.73. The Morgan fingerprint density at radius 1 is 1.31 bits per heavy atom. The topological polar surface area (TPSA) is 84.2 Å². The minimum Gasteiger partial charge on any atom is -0.369 e. The monoisotopic (exact) mass is 227 g/mol. The van der Waals surface area contributed by atoms with Crippen molar-refractivity contribution >= 4 is 11.8 Å². The summed E-state index contributed by atoms with van der Waals surface area (Å²) < 4.78 is 0. The van der Waals surface area contributed by atoms with Crippen molar-refractivity contribution in [2.45, 2.75) is 32.1 Å². The SMILES string of the molecule is CNCCC(=O)NCC1(C(N)=O)CCCC1. The molecule has 1 aliphatic rings. The zero-order valence-electron chi connectivity index (χ0n) is 9.84. The van der Waals surface area contributed by atoms with Gasteiger partial charge in [-0.15, -0.1) is 0 Å². The maximum atomic E-state index is 11.4. The van der Waals surface area contributed by atoms with Gasteiger partial charge in [-0.2, -0.15) is 0 Å². The Kier molecular flexibility index (Phi) is 4.73. The van der Waals surface area contributed by atoms with Gasteiger partial charge in [0.15, 0.2) is 0 Å². The van der Waals surface area contributed by atoms with Crippen molar-refractivity contribution in [2.24, 2.45) is 11.1 Å². The van der Waals surface area contributed by atoms with Gasteiger partial charge in [0, 0.05) is 19.5 Å². The predicted octanol–water partition coefficient (Wildman–Crippen LogP) is -0.242. The molecule has 16 heavy (non-hydrogen) atoms. The molecule has 1 rings (SSSR count). The molecular formula is C11H21N3O2. The molecule has 0 atom stereocenters. The fraction of sp³-hybridized carbons (Fsp3) is 0.818. The highest BCUT2D eigenvalue weighted by Gasteiger charge is 2.39. The molecule has 0 aromatic heterocycles. The summed E-state index contributed by atoms with van der Waals surface area (Å²) >= 11 is 0. The molecule has 2 amide bonds. The van der Waals surface area contributed by atoms with Gasteiger partial charge in [0.25, 0.3) is 0 Å². The zero-order valence-corrected chi connectivity index (χ0v) is 9.84. The third-order valence-electron chi connectivity index (χ3n) is 3.31. The van der Waals surface area contributed by atoms with Crippen LogP contribution in [0.15, 0.2) is 0 Å². The van der Waals surface area contributed by atoms with Crippen LogP contribution in [-0.4, -0.2) is 32.0 Å². The lowest BCUT2D eigenvalue weighted by molar-refractivity contribution is -0.128. The Morgan fingerprint density at radius 2 is 1.94 bits per heavy atom. The molecule has 0 bridgehead atoms. The molecule has 0 radical (unpaired) electrons. The minimum atomic E-state index is -0.491. The van der Waals surface area contributed by atoms with Crippen LogP contribution < -0.4 is 16.4 Å². The maximum absolute atomic E-state index is 11.4. The van der Waals surface area contributed by atoms with E-state index in [1.165, 1.54) is 0 Å². The van der Waals surface area contributed by atoms with Crippen molar-refractivity contribution < 1.29 is 9.59 Å². The van der Waals surface area contributed by atoms with Crippen molar-refractivity contribution in [1.82, 2.24) is 10.6 Å². The van der Waals surface area contributed by atoms with Crippen molar-refractivity contribution in [3.05, 3.63) is 0 Å². The molecule has 1 aliphatic carbocycles. The molecule has 5 nitrogen and oxygen atoms in total. The number of rotatable bonds is 6. The molecule has 0 aromatic carbocycles. The average molecular weight is 227 g/mol. The van der Waals surface area contributed by atoms with Crippen molar-refractivity contribution in [3.8, 4) is 0 Å². The summed E-state index contributed by atoms with van der Waals surface area (Å²) in [5, 5.41) is 5.71. The quantitative estimate of drug-likeness (QED) is 0.585. The summed E-state index contributed by atoms with van der Waals surface area (Å²) in [7, 11) is 1.80. The standard InChI is InChI=1S/C11H21N3O2/c1-13-7-4-9(15)14-8-11(10(12)16)5-2-3-6-11/h13H,2-8H2,1H3,(H2,12,16)(H,14,15). The first-order valence-corrected chi connectivity index (χ1v) is 5.82. The second kappa shape index (κ2) is 5.84. The first kappa shape index (κ1) is 13.0.